The zero-order valence-corrected chi connectivity index (χ0v) is 7.24. The van der Waals surface area contributed by atoms with Crippen molar-refractivity contribution in [2.75, 3.05) is 7.11 Å². The second-order valence-corrected chi connectivity index (χ2v) is 2.23. The van der Waals surface area contributed by atoms with Crippen LogP contribution in [0.15, 0.2) is 35.3 Å². The molecule has 0 aromatic heterocycles. The third-order valence-corrected chi connectivity index (χ3v) is 1.40. The highest BCUT2D eigenvalue weighted by atomic mass is 16.5. The fourth-order valence-electron chi connectivity index (χ4n) is 0.796. The van der Waals surface area contributed by atoms with Crippen LogP contribution in [0.2, 0.25) is 0 Å². The lowest BCUT2D eigenvalue weighted by molar-refractivity contribution is 0.415. The molecule has 0 heterocycles. The van der Waals surface area contributed by atoms with Crippen LogP contribution in [0, 0.1) is 0 Å². The van der Waals surface area contributed by atoms with E-state index in [2.05, 4.69) is 10.9 Å². The second-order valence-electron chi connectivity index (χ2n) is 2.23. The van der Waals surface area contributed by atoms with Gasteiger partial charge in [0, 0.05) is 0 Å². The van der Waals surface area contributed by atoms with Crippen molar-refractivity contribution in [2.45, 2.75) is 6.92 Å². The standard InChI is InChI=1S/C10H11NO/c1-3-8-11-9-4-6-10(12-2)7-5-9/h3-7H,1-2H3. The predicted octanol–water partition coefficient (Wildman–Crippen LogP) is 2.57. The van der Waals surface area contributed by atoms with E-state index in [4.69, 9.17) is 4.74 Å². The Balaban J connectivity index is 2.85. The summed E-state index contributed by atoms with van der Waals surface area (Å²) in [5.41, 5.74) is 0.883. The van der Waals surface area contributed by atoms with Gasteiger partial charge in [-0.25, -0.2) is 4.99 Å². The maximum absolute atomic E-state index is 5.00. The Kier molecular flexibility index (Phi) is 3.12. The molecule has 0 spiro atoms. The Hall–Kier alpha value is -1.53. The SMILES string of the molecule is CC=C=Nc1ccc(OC)cc1. The van der Waals surface area contributed by atoms with E-state index in [-0.39, 0.29) is 0 Å². The predicted molar refractivity (Wildman–Crippen MR) is 50.3 cm³/mol. The van der Waals surface area contributed by atoms with Gasteiger partial charge in [-0.15, -0.1) is 0 Å². The van der Waals surface area contributed by atoms with Crippen LogP contribution in [0.5, 0.6) is 5.75 Å². The van der Waals surface area contributed by atoms with Crippen LogP contribution in [0.25, 0.3) is 0 Å². The molecule has 0 saturated carbocycles. The van der Waals surface area contributed by atoms with Gasteiger partial charge in [-0.1, -0.05) is 0 Å². The number of hydrogen-bond donors (Lipinski definition) is 0. The van der Waals surface area contributed by atoms with Gasteiger partial charge in [-0.2, -0.15) is 0 Å². The molecule has 0 bridgehead atoms. The molecule has 2 nitrogen and oxygen atoms in total. The van der Waals surface area contributed by atoms with Crippen molar-refractivity contribution in [2.24, 2.45) is 4.99 Å². The number of hydrogen-bond acceptors (Lipinski definition) is 2. The lowest BCUT2D eigenvalue weighted by Crippen LogP contribution is -1.79. The number of aliphatic imine (C=N–C) groups is 1. The fraction of sp³-hybridized carbons (Fsp3) is 0.200. The first-order valence-corrected chi connectivity index (χ1v) is 3.75. The first-order chi connectivity index (χ1) is 5.86. The molecule has 2 heteroatoms. The number of ether oxygens (including phenoxy) is 1. The molecular formula is C10H11NO. The maximum atomic E-state index is 5.00. The average Bonchev–Trinajstić information content (AvgIpc) is 2.15. The van der Waals surface area contributed by atoms with Crippen molar-refractivity contribution in [1.29, 1.82) is 0 Å². The Labute approximate surface area is 72.2 Å². The summed E-state index contributed by atoms with van der Waals surface area (Å²) in [6.45, 7) is 1.88. The van der Waals surface area contributed by atoms with Crippen LogP contribution >= 0.6 is 0 Å². The molecule has 0 N–H and O–H groups in total. The van der Waals surface area contributed by atoms with Gasteiger partial charge in [0.25, 0.3) is 0 Å². The third kappa shape index (κ3) is 2.26. The highest BCUT2D eigenvalue weighted by Crippen LogP contribution is 2.16. The number of benzene rings is 1. The molecule has 0 radical (unpaired) electrons. The Bertz CT molecular complexity index is 294. The summed E-state index contributed by atoms with van der Waals surface area (Å²) in [5.74, 6) is 3.60. The van der Waals surface area contributed by atoms with Crippen LogP contribution in [-0.4, -0.2) is 13.0 Å². The van der Waals surface area contributed by atoms with E-state index in [1.165, 1.54) is 0 Å². The summed E-state index contributed by atoms with van der Waals surface area (Å²) < 4.78 is 5.00. The van der Waals surface area contributed by atoms with Crippen molar-refractivity contribution in [1.82, 2.24) is 0 Å². The highest BCUT2D eigenvalue weighted by Gasteiger charge is 1.89. The Morgan fingerprint density at radius 2 is 2.00 bits per heavy atom. The van der Waals surface area contributed by atoms with Gasteiger partial charge < -0.3 is 4.74 Å². The van der Waals surface area contributed by atoms with Crippen LogP contribution in [0.4, 0.5) is 5.69 Å². The van der Waals surface area contributed by atoms with E-state index >= 15 is 0 Å². The van der Waals surface area contributed by atoms with Crippen LogP contribution in [0.1, 0.15) is 6.92 Å². The van der Waals surface area contributed by atoms with E-state index in [1.54, 1.807) is 13.2 Å². The zero-order valence-electron chi connectivity index (χ0n) is 7.24. The smallest absolute Gasteiger partial charge is 0.119 e. The Morgan fingerprint density at radius 1 is 1.33 bits per heavy atom. The summed E-state index contributed by atoms with van der Waals surface area (Å²) >= 11 is 0. The van der Waals surface area contributed by atoms with Crippen molar-refractivity contribution in [3.63, 3.8) is 0 Å². The summed E-state index contributed by atoms with van der Waals surface area (Å²) in [5, 5.41) is 0. The normalized spacial score (nSPS) is 8.50. The van der Waals surface area contributed by atoms with Gasteiger partial charge >= 0.3 is 0 Å². The zero-order chi connectivity index (χ0) is 8.81. The minimum absolute atomic E-state index is 0.842. The van der Waals surface area contributed by atoms with Gasteiger partial charge in [-0.3, -0.25) is 0 Å². The third-order valence-electron chi connectivity index (χ3n) is 1.40. The minimum atomic E-state index is 0.842. The lowest BCUT2D eigenvalue weighted by atomic mass is 10.3. The number of methoxy groups -OCH3 is 1. The summed E-state index contributed by atoms with van der Waals surface area (Å²) in [6, 6.07) is 7.51. The quantitative estimate of drug-likeness (QED) is 0.611. The first-order valence-electron chi connectivity index (χ1n) is 3.75. The van der Waals surface area contributed by atoms with Crippen molar-refractivity contribution in [3.05, 3.63) is 30.3 Å². The first kappa shape index (κ1) is 8.57. The topological polar surface area (TPSA) is 21.6 Å². The van der Waals surface area contributed by atoms with Gasteiger partial charge in [0.05, 0.1) is 12.8 Å². The van der Waals surface area contributed by atoms with Gasteiger partial charge in [0.2, 0.25) is 0 Å². The minimum Gasteiger partial charge on any atom is -0.497 e. The number of nitrogens with zero attached hydrogens (tertiary/aromatic N) is 1. The summed E-state index contributed by atoms with van der Waals surface area (Å²) in [7, 11) is 1.64. The highest BCUT2D eigenvalue weighted by molar-refractivity contribution is 5.58. The van der Waals surface area contributed by atoms with Crippen LogP contribution < -0.4 is 4.74 Å². The molecule has 0 aliphatic carbocycles. The molecule has 1 rings (SSSR count). The van der Waals surface area contributed by atoms with Gasteiger partial charge in [-0.05, 0) is 43.1 Å². The largest absolute Gasteiger partial charge is 0.497 e. The monoisotopic (exact) mass is 161 g/mol. The molecule has 0 aliphatic rings. The average molecular weight is 161 g/mol. The van der Waals surface area contributed by atoms with E-state index in [0.29, 0.717) is 0 Å². The molecule has 0 aliphatic heterocycles. The molecule has 62 valence electrons. The van der Waals surface area contributed by atoms with E-state index in [9.17, 15) is 0 Å². The van der Waals surface area contributed by atoms with Crippen molar-refractivity contribution >= 4 is 11.6 Å². The number of allylic oxidation sites excluding steroid dienone is 1. The molecule has 1 aromatic rings. The molecule has 12 heavy (non-hydrogen) atoms. The Morgan fingerprint density at radius 3 is 2.50 bits per heavy atom. The van der Waals surface area contributed by atoms with Crippen molar-refractivity contribution in [3.8, 4) is 5.75 Å². The molecule has 0 unspecified atom stereocenters. The molecule has 0 amide bonds. The van der Waals surface area contributed by atoms with E-state index in [1.807, 2.05) is 31.2 Å². The van der Waals surface area contributed by atoms with Gasteiger partial charge in [0.15, 0.2) is 0 Å². The molecule has 1 aromatic carbocycles. The van der Waals surface area contributed by atoms with Gasteiger partial charge in [0.1, 0.15) is 5.75 Å². The molecule has 0 atom stereocenters. The lowest BCUT2D eigenvalue weighted by Gasteiger charge is -1.97. The maximum Gasteiger partial charge on any atom is 0.119 e. The van der Waals surface area contributed by atoms with E-state index < -0.39 is 0 Å². The van der Waals surface area contributed by atoms with Crippen LogP contribution in [-0.2, 0) is 0 Å². The van der Waals surface area contributed by atoms with E-state index in [0.717, 1.165) is 11.4 Å². The molecule has 0 fully saturated rings. The molecular weight excluding hydrogens is 150 g/mol. The van der Waals surface area contributed by atoms with Crippen LogP contribution in [0.3, 0.4) is 0 Å². The molecule has 0 saturated heterocycles. The second kappa shape index (κ2) is 4.37. The summed E-state index contributed by atoms with van der Waals surface area (Å²) in [4.78, 5) is 4.04. The number of rotatable bonds is 2. The fourth-order valence-corrected chi connectivity index (χ4v) is 0.796. The summed E-state index contributed by atoms with van der Waals surface area (Å²) in [6.07, 6.45) is 1.77. The van der Waals surface area contributed by atoms with Crippen molar-refractivity contribution < 1.29 is 4.74 Å².